The Hall–Kier alpha value is -2.24. The number of thiazole rings is 1. The maximum absolute atomic E-state index is 12.9. The lowest BCUT2D eigenvalue weighted by atomic mass is 9.98. The Balaban J connectivity index is 1.58. The third kappa shape index (κ3) is 3.05. The molecule has 2 aromatic carbocycles. The zero-order chi connectivity index (χ0) is 17.4. The van der Waals surface area contributed by atoms with E-state index in [-0.39, 0.29) is 11.9 Å². The highest BCUT2D eigenvalue weighted by atomic mass is 32.1. The standard InChI is InChI=1S/C20H21N3OS/c1-13(19-22-17-5-3-4-6-18(17)25-19)23(2)20(24)15-7-8-16-12-21-10-9-14(16)11-15/h3-8,11,13,21H,9-10,12H2,1-2H3. The average molecular weight is 351 g/mol. The minimum atomic E-state index is -0.0531. The van der Waals surface area contributed by atoms with Gasteiger partial charge in [-0.2, -0.15) is 0 Å². The monoisotopic (exact) mass is 351 g/mol. The van der Waals surface area contributed by atoms with Crippen LogP contribution in [0.2, 0.25) is 0 Å². The lowest BCUT2D eigenvalue weighted by molar-refractivity contribution is 0.0742. The van der Waals surface area contributed by atoms with Crippen LogP contribution in [-0.2, 0) is 13.0 Å². The van der Waals surface area contributed by atoms with Crippen LogP contribution in [0.25, 0.3) is 10.2 Å². The SMILES string of the molecule is CC(c1nc2ccccc2s1)N(C)C(=O)c1ccc2c(c1)CCNC2. The maximum atomic E-state index is 12.9. The summed E-state index contributed by atoms with van der Waals surface area (Å²) in [6.45, 7) is 3.91. The van der Waals surface area contributed by atoms with Crippen molar-refractivity contribution < 1.29 is 4.79 Å². The van der Waals surface area contributed by atoms with Gasteiger partial charge in [0.25, 0.3) is 5.91 Å². The van der Waals surface area contributed by atoms with Gasteiger partial charge < -0.3 is 10.2 Å². The second kappa shape index (κ2) is 6.58. The summed E-state index contributed by atoms with van der Waals surface area (Å²) in [7, 11) is 1.86. The predicted octanol–water partition coefficient (Wildman–Crippen LogP) is 3.78. The summed E-state index contributed by atoms with van der Waals surface area (Å²) in [4.78, 5) is 19.4. The smallest absolute Gasteiger partial charge is 0.254 e. The fraction of sp³-hybridized carbons (Fsp3) is 0.300. The fourth-order valence-corrected chi connectivity index (χ4v) is 4.29. The molecular weight excluding hydrogens is 330 g/mol. The largest absolute Gasteiger partial charge is 0.333 e. The number of carbonyl (C=O) groups excluding carboxylic acids is 1. The van der Waals surface area contributed by atoms with Crippen molar-refractivity contribution in [3.63, 3.8) is 0 Å². The van der Waals surface area contributed by atoms with Gasteiger partial charge in [0.05, 0.1) is 16.3 Å². The number of rotatable bonds is 3. The molecule has 0 bridgehead atoms. The molecule has 5 heteroatoms. The Morgan fingerprint density at radius 1 is 1.24 bits per heavy atom. The van der Waals surface area contributed by atoms with Crippen LogP contribution < -0.4 is 5.32 Å². The summed E-state index contributed by atoms with van der Waals surface area (Å²) < 4.78 is 1.16. The molecule has 1 unspecified atom stereocenters. The number of benzene rings is 2. The lowest BCUT2D eigenvalue weighted by Gasteiger charge is -2.24. The van der Waals surface area contributed by atoms with Gasteiger partial charge in [0.2, 0.25) is 0 Å². The summed E-state index contributed by atoms with van der Waals surface area (Å²) >= 11 is 1.66. The molecule has 0 aliphatic carbocycles. The van der Waals surface area contributed by atoms with Crippen molar-refractivity contribution in [1.29, 1.82) is 0 Å². The predicted molar refractivity (Wildman–Crippen MR) is 102 cm³/mol. The minimum Gasteiger partial charge on any atom is -0.333 e. The number of fused-ring (bicyclic) bond motifs is 2. The normalized spacial score (nSPS) is 15.0. The maximum Gasteiger partial charge on any atom is 0.254 e. The van der Waals surface area contributed by atoms with Crippen LogP contribution >= 0.6 is 11.3 Å². The van der Waals surface area contributed by atoms with Crippen molar-refractivity contribution in [2.75, 3.05) is 13.6 Å². The zero-order valence-corrected chi connectivity index (χ0v) is 15.3. The van der Waals surface area contributed by atoms with Gasteiger partial charge in [0.1, 0.15) is 5.01 Å². The second-order valence-corrected chi connectivity index (χ2v) is 7.58. The third-order valence-corrected chi connectivity index (χ3v) is 6.12. The highest BCUT2D eigenvalue weighted by Gasteiger charge is 2.22. The molecule has 0 saturated heterocycles. The molecule has 1 aliphatic rings. The molecule has 4 nitrogen and oxygen atoms in total. The van der Waals surface area contributed by atoms with Crippen LogP contribution in [0.4, 0.5) is 0 Å². The molecule has 1 aromatic heterocycles. The summed E-state index contributed by atoms with van der Waals surface area (Å²) in [5, 5.41) is 4.33. The molecule has 128 valence electrons. The molecule has 3 aromatic rings. The zero-order valence-electron chi connectivity index (χ0n) is 14.5. The molecule has 0 radical (unpaired) electrons. The number of hydrogen-bond acceptors (Lipinski definition) is 4. The van der Waals surface area contributed by atoms with Gasteiger partial charge in [0, 0.05) is 19.2 Å². The highest BCUT2D eigenvalue weighted by molar-refractivity contribution is 7.18. The Morgan fingerprint density at radius 3 is 2.92 bits per heavy atom. The number of amides is 1. The Kier molecular flexibility index (Phi) is 4.27. The molecule has 0 spiro atoms. The van der Waals surface area contributed by atoms with Crippen molar-refractivity contribution in [3.05, 3.63) is 64.2 Å². The van der Waals surface area contributed by atoms with E-state index in [1.54, 1.807) is 16.2 Å². The Morgan fingerprint density at radius 2 is 2.08 bits per heavy atom. The molecule has 0 saturated carbocycles. The van der Waals surface area contributed by atoms with E-state index in [0.29, 0.717) is 0 Å². The number of para-hydroxylation sites is 1. The Labute approximate surface area is 151 Å². The van der Waals surface area contributed by atoms with Crippen molar-refractivity contribution in [3.8, 4) is 0 Å². The van der Waals surface area contributed by atoms with Crippen LogP contribution in [0.15, 0.2) is 42.5 Å². The molecule has 4 rings (SSSR count). The van der Waals surface area contributed by atoms with E-state index in [1.807, 2.05) is 38.2 Å². The minimum absolute atomic E-state index is 0.0492. The molecule has 1 N–H and O–H groups in total. The van der Waals surface area contributed by atoms with Crippen molar-refractivity contribution in [2.45, 2.75) is 25.9 Å². The molecule has 2 heterocycles. The van der Waals surface area contributed by atoms with Gasteiger partial charge in [-0.3, -0.25) is 4.79 Å². The number of aromatic nitrogens is 1. The van der Waals surface area contributed by atoms with Gasteiger partial charge in [-0.25, -0.2) is 4.98 Å². The summed E-state index contributed by atoms with van der Waals surface area (Å²) in [5.41, 5.74) is 4.34. The average Bonchev–Trinajstić information content (AvgIpc) is 3.10. The Bertz CT molecular complexity index is 901. The van der Waals surface area contributed by atoms with Crippen LogP contribution in [0.3, 0.4) is 0 Å². The third-order valence-electron chi connectivity index (χ3n) is 4.91. The lowest BCUT2D eigenvalue weighted by Crippen LogP contribution is -2.30. The van der Waals surface area contributed by atoms with E-state index in [9.17, 15) is 4.79 Å². The summed E-state index contributed by atoms with van der Waals surface area (Å²) in [6, 6.07) is 14.1. The fourth-order valence-electron chi connectivity index (χ4n) is 3.22. The molecule has 1 atom stereocenters. The number of carbonyl (C=O) groups is 1. The first kappa shape index (κ1) is 16.2. The molecular formula is C20H21N3OS. The van der Waals surface area contributed by atoms with Crippen molar-refractivity contribution in [2.24, 2.45) is 0 Å². The van der Waals surface area contributed by atoms with Crippen LogP contribution in [0.5, 0.6) is 0 Å². The number of nitrogens with one attached hydrogen (secondary N) is 1. The first-order valence-electron chi connectivity index (χ1n) is 8.58. The molecule has 25 heavy (non-hydrogen) atoms. The van der Waals surface area contributed by atoms with Crippen LogP contribution in [0, 0.1) is 0 Å². The van der Waals surface area contributed by atoms with Crippen molar-refractivity contribution in [1.82, 2.24) is 15.2 Å². The number of nitrogens with zero attached hydrogens (tertiary/aromatic N) is 2. The van der Waals surface area contributed by atoms with Crippen LogP contribution in [-0.4, -0.2) is 29.4 Å². The molecule has 1 aliphatic heterocycles. The quantitative estimate of drug-likeness (QED) is 0.781. The molecule has 0 fully saturated rings. The topological polar surface area (TPSA) is 45.2 Å². The first-order valence-corrected chi connectivity index (χ1v) is 9.40. The second-order valence-electron chi connectivity index (χ2n) is 6.52. The number of hydrogen-bond donors (Lipinski definition) is 1. The molecule has 1 amide bonds. The summed E-state index contributed by atoms with van der Waals surface area (Å²) in [6.07, 6.45) is 0.980. The van der Waals surface area contributed by atoms with Crippen molar-refractivity contribution >= 4 is 27.5 Å². The van der Waals surface area contributed by atoms with Gasteiger partial charge in [-0.1, -0.05) is 18.2 Å². The summed E-state index contributed by atoms with van der Waals surface area (Å²) in [5.74, 6) is 0.0492. The van der Waals surface area contributed by atoms with E-state index in [4.69, 9.17) is 4.98 Å². The highest BCUT2D eigenvalue weighted by Crippen LogP contribution is 2.29. The van der Waals surface area contributed by atoms with Gasteiger partial charge in [-0.05, 0) is 55.3 Å². The van der Waals surface area contributed by atoms with E-state index >= 15 is 0 Å². The first-order chi connectivity index (χ1) is 12.1. The van der Waals surface area contributed by atoms with E-state index in [1.165, 1.54) is 11.1 Å². The van der Waals surface area contributed by atoms with Gasteiger partial charge in [0.15, 0.2) is 0 Å². The van der Waals surface area contributed by atoms with Crippen LogP contribution in [0.1, 0.15) is 39.5 Å². The van der Waals surface area contributed by atoms with Gasteiger partial charge >= 0.3 is 0 Å². The van der Waals surface area contributed by atoms with E-state index < -0.39 is 0 Å². The van der Waals surface area contributed by atoms with Gasteiger partial charge in [-0.15, -0.1) is 11.3 Å². The van der Waals surface area contributed by atoms with E-state index in [2.05, 4.69) is 23.5 Å². The van der Waals surface area contributed by atoms with E-state index in [0.717, 1.165) is 40.3 Å².